The number of piperidine rings is 1. The van der Waals surface area contributed by atoms with Crippen LogP contribution >= 0.6 is 0 Å². The lowest BCUT2D eigenvalue weighted by Crippen LogP contribution is -2.46. The number of aliphatic imine (C=N–C) groups is 1. The van der Waals surface area contributed by atoms with Gasteiger partial charge in [0.25, 0.3) is 0 Å². The van der Waals surface area contributed by atoms with Crippen molar-refractivity contribution in [3.05, 3.63) is 35.6 Å². The van der Waals surface area contributed by atoms with Gasteiger partial charge in [0, 0.05) is 32.7 Å². The van der Waals surface area contributed by atoms with Crippen molar-refractivity contribution in [1.82, 2.24) is 15.1 Å². The molecule has 5 nitrogen and oxygen atoms in total. The van der Waals surface area contributed by atoms with Crippen molar-refractivity contribution in [2.75, 3.05) is 52.5 Å². The average Bonchev–Trinajstić information content (AvgIpc) is 2.69. The van der Waals surface area contributed by atoms with Crippen molar-refractivity contribution in [2.24, 2.45) is 10.9 Å². The summed E-state index contributed by atoms with van der Waals surface area (Å²) in [5.41, 5.74) is 0.990. The number of halogens is 1. The maximum Gasteiger partial charge on any atom is 0.193 e. The lowest BCUT2D eigenvalue weighted by Gasteiger charge is -2.35. The SMILES string of the molecule is CCNC(=NCC(c1cccc(F)c1)N1CCOCC1)N1CCC(C)CC1. The Balaban J connectivity index is 1.77. The summed E-state index contributed by atoms with van der Waals surface area (Å²) < 4.78 is 19.3. The molecule has 2 heterocycles. The second-order valence-corrected chi connectivity index (χ2v) is 7.58. The molecule has 0 aliphatic carbocycles. The van der Waals surface area contributed by atoms with Gasteiger partial charge in [0.2, 0.25) is 0 Å². The zero-order chi connectivity index (χ0) is 19.1. The molecular formula is C21H33FN4O. The van der Waals surface area contributed by atoms with E-state index in [9.17, 15) is 4.39 Å². The molecular weight excluding hydrogens is 343 g/mol. The highest BCUT2D eigenvalue weighted by molar-refractivity contribution is 5.80. The maximum absolute atomic E-state index is 13.8. The first-order chi connectivity index (χ1) is 13.2. The fourth-order valence-electron chi connectivity index (χ4n) is 3.85. The van der Waals surface area contributed by atoms with Crippen LogP contribution in [0.2, 0.25) is 0 Å². The summed E-state index contributed by atoms with van der Waals surface area (Å²) >= 11 is 0. The molecule has 1 N–H and O–H groups in total. The third-order valence-corrected chi connectivity index (χ3v) is 5.55. The van der Waals surface area contributed by atoms with Crippen LogP contribution in [0.3, 0.4) is 0 Å². The highest BCUT2D eigenvalue weighted by Gasteiger charge is 2.24. The van der Waals surface area contributed by atoms with E-state index >= 15 is 0 Å². The molecule has 1 atom stereocenters. The third-order valence-electron chi connectivity index (χ3n) is 5.55. The monoisotopic (exact) mass is 376 g/mol. The molecule has 27 heavy (non-hydrogen) atoms. The van der Waals surface area contributed by atoms with Gasteiger partial charge in [-0.1, -0.05) is 19.1 Å². The van der Waals surface area contributed by atoms with Gasteiger partial charge in [0.1, 0.15) is 5.82 Å². The molecule has 0 spiro atoms. The van der Waals surface area contributed by atoms with E-state index in [0.29, 0.717) is 6.54 Å². The van der Waals surface area contributed by atoms with Crippen molar-refractivity contribution in [3.63, 3.8) is 0 Å². The first-order valence-corrected chi connectivity index (χ1v) is 10.3. The van der Waals surface area contributed by atoms with E-state index in [2.05, 4.69) is 29.0 Å². The number of nitrogens with zero attached hydrogens (tertiary/aromatic N) is 3. The Kier molecular flexibility index (Phi) is 7.47. The van der Waals surface area contributed by atoms with Gasteiger partial charge in [-0.15, -0.1) is 0 Å². The van der Waals surface area contributed by atoms with Crippen LogP contribution in [0.5, 0.6) is 0 Å². The molecule has 0 saturated carbocycles. The molecule has 2 aliphatic heterocycles. The van der Waals surface area contributed by atoms with Crippen molar-refractivity contribution >= 4 is 5.96 Å². The number of benzene rings is 1. The number of nitrogens with one attached hydrogen (secondary N) is 1. The number of hydrogen-bond donors (Lipinski definition) is 1. The molecule has 3 rings (SSSR count). The Morgan fingerprint density at radius 3 is 2.67 bits per heavy atom. The lowest BCUT2D eigenvalue weighted by molar-refractivity contribution is 0.0179. The summed E-state index contributed by atoms with van der Waals surface area (Å²) in [4.78, 5) is 9.70. The van der Waals surface area contributed by atoms with E-state index in [1.54, 1.807) is 12.1 Å². The van der Waals surface area contributed by atoms with Crippen LogP contribution in [0.1, 0.15) is 38.3 Å². The molecule has 150 valence electrons. The van der Waals surface area contributed by atoms with Crippen molar-refractivity contribution in [1.29, 1.82) is 0 Å². The third kappa shape index (κ3) is 5.66. The van der Waals surface area contributed by atoms with E-state index in [1.165, 1.54) is 18.9 Å². The highest BCUT2D eigenvalue weighted by Crippen LogP contribution is 2.23. The second kappa shape index (κ2) is 10.0. The number of rotatable bonds is 5. The van der Waals surface area contributed by atoms with Gasteiger partial charge in [-0.05, 0) is 43.4 Å². The summed E-state index contributed by atoms with van der Waals surface area (Å²) in [6.07, 6.45) is 2.42. The van der Waals surface area contributed by atoms with Gasteiger partial charge in [0.05, 0.1) is 25.8 Å². The molecule has 1 unspecified atom stereocenters. The highest BCUT2D eigenvalue weighted by atomic mass is 19.1. The van der Waals surface area contributed by atoms with Crippen LogP contribution in [0.4, 0.5) is 4.39 Å². The Labute approximate surface area is 162 Å². The van der Waals surface area contributed by atoms with E-state index in [4.69, 9.17) is 9.73 Å². The first kappa shape index (κ1) is 20.1. The molecule has 0 aromatic heterocycles. The number of hydrogen-bond acceptors (Lipinski definition) is 3. The zero-order valence-corrected chi connectivity index (χ0v) is 16.7. The predicted molar refractivity (Wildman–Crippen MR) is 107 cm³/mol. The number of morpholine rings is 1. The quantitative estimate of drug-likeness (QED) is 0.634. The minimum absolute atomic E-state index is 0.0713. The summed E-state index contributed by atoms with van der Waals surface area (Å²) in [6.45, 7) is 11.2. The predicted octanol–water partition coefficient (Wildman–Crippen LogP) is 2.90. The standard InChI is InChI=1S/C21H33FN4O/c1-3-23-21(26-9-7-17(2)8-10-26)24-16-20(25-11-13-27-14-12-25)18-5-4-6-19(22)15-18/h4-6,15,17,20H,3,7-14,16H2,1-2H3,(H,23,24). The largest absolute Gasteiger partial charge is 0.379 e. The molecule has 1 aromatic rings. The van der Waals surface area contributed by atoms with Crippen molar-refractivity contribution in [2.45, 2.75) is 32.7 Å². The van der Waals surface area contributed by atoms with Crippen molar-refractivity contribution in [3.8, 4) is 0 Å². The number of ether oxygens (including phenoxy) is 1. The Hall–Kier alpha value is -1.66. The van der Waals surface area contributed by atoms with Crippen LogP contribution in [-0.2, 0) is 4.74 Å². The van der Waals surface area contributed by atoms with Gasteiger partial charge in [-0.2, -0.15) is 0 Å². The van der Waals surface area contributed by atoms with Crippen LogP contribution in [0.25, 0.3) is 0 Å². The van der Waals surface area contributed by atoms with Gasteiger partial charge in [0.15, 0.2) is 5.96 Å². The molecule has 1 aromatic carbocycles. The maximum atomic E-state index is 13.8. The van der Waals surface area contributed by atoms with Crippen LogP contribution < -0.4 is 5.32 Å². The van der Waals surface area contributed by atoms with Gasteiger partial charge in [-0.25, -0.2) is 4.39 Å². The fraction of sp³-hybridized carbons (Fsp3) is 0.667. The zero-order valence-electron chi connectivity index (χ0n) is 16.7. The lowest BCUT2D eigenvalue weighted by atomic mass is 9.99. The Morgan fingerprint density at radius 2 is 2.00 bits per heavy atom. The smallest absolute Gasteiger partial charge is 0.193 e. The van der Waals surface area contributed by atoms with E-state index in [0.717, 1.165) is 63.4 Å². The Morgan fingerprint density at radius 1 is 1.26 bits per heavy atom. The van der Waals surface area contributed by atoms with E-state index in [-0.39, 0.29) is 11.9 Å². The fourth-order valence-corrected chi connectivity index (χ4v) is 3.85. The van der Waals surface area contributed by atoms with E-state index < -0.39 is 0 Å². The molecule has 2 fully saturated rings. The second-order valence-electron chi connectivity index (χ2n) is 7.58. The van der Waals surface area contributed by atoms with Crippen molar-refractivity contribution < 1.29 is 9.13 Å². The Bertz CT molecular complexity index is 610. The minimum Gasteiger partial charge on any atom is -0.379 e. The van der Waals surface area contributed by atoms with Crippen LogP contribution in [0.15, 0.2) is 29.3 Å². The van der Waals surface area contributed by atoms with E-state index in [1.807, 2.05) is 6.07 Å². The molecule has 0 amide bonds. The first-order valence-electron chi connectivity index (χ1n) is 10.3. The van der Waals surface area contributed by atoms with Gasteiger partial charge in [-0.3, -0.25) is 9.89 Å². The number of guanidine groups is 1. The summed E-state index contributed by atoms with van der Waals surface area (Å²) in [7, 11) is 0. The summed E-state index contributed by atoms with van der Waals surface area (Å²) in [6, 6.07) is 7.02. The summed E-state index contributed by atoms with van der Waals surface area (Å²) in [5, 5.41) is 3.45. The molecule has 2 aliphatic rings. The van der Waals surface area contributed by atoms with Gasteiger partial charge < -0.3 is 15.0 Å². The number of likely N-dealkylation sites (tertiary alicyclic amines) is 1. The normalized spacial score (nSPS) is 21.3. The molecule has 0 radical (unpaired) electrons. The molecule has 0 bridgehead atoms. The van der Waals surface area contributed by atoms with Crippen LogP contribution in [-0.4, -0.2) is 68.2 Å². The average molecular weight is 377 g/mol. The van der Waals surface area contributed by atoms with Gasteiger partial charge >= 0.3 is 0 Å². The topological polar surface area (TPSA) is 40.1 Å². The molecule has 2 saturated heterocycles. The van der Waals surface area contributed by atoms with Crippen LogP contribution in [0, 0.1) is 11.7 Å². The minimum atomic E-state index is -0.188. The summed E-state index contributed by atoms with van der Waals surface area (Å²) in [5.74, 6) is 1.59. The molecule has 6 heteroatoms.